The van der Waals surface area contributed by atoms with Crippen molar-refractivity contribution in [3.05, 3.63) is 29.6 Å². The maximum atomic E-state index is 13.1. The van der Waals surface area contributed by atoms with E-state index >= 15 is 0 Å². The fraction of sp³-hybridized carbons (Fsp3) is 0.571. The molecule has 0 heterocycles. The van der Waals surface area contributed by atoms with Crippen LogP contribution in [0.25, 0.3) is 0 Å². The van der Waals surface area contributed by atoms with Crippen LogP contribution in [0.15, 0.2) is 18.2 Å². The highest BCUT2D eigenvalue weighted by atomic mass is 19.1. The summed E-state index contributed by atoms with van der Waals surface area (Å²) in [7, 11) is 0. The normalized spacial score (nSPS) is 12.8. The molecule has 96 valence electrons. The summed E-state index contributed by atoms with van der Waals surface area (Å²) >= 11 is 0. The van der Waals surface area contributed by atoms with E-state index in [1.807, 2.05) is 0 Å². The van der Waals surface area contributed by atoms with Crippen LogP contribution in [-0.4, -0.2) is 18.7 Å². The van der Waals surface area contributed by atoms with Gasteiger partial charge in [-0.3, -0.25) is 0 Å². The van der Waals surface area contributed by atoms with Gasteiger partial charge in [0, 0.05) is 12.6 Å². The van der Waals surface area contributed by atoms with Crippen molar-refractivity contribution < 1.29 is 9.13 Å². The van der Waals surface area contributed by atoms with Crippen molar-refractivity contribution in [2.45, 2.75) is 46.3 Å². The minimum atomic E-state index is -0.189. The highest BCUT2D eigenvalue weighted by Gasteiger charge is 2.09. The van der Waals surface area contributed by atoms with Gasteiger partial charge in [0.1, 0.15) is 17.7 Å². The molecule has 1 unspecified atom stereocenters. The highest BCUT2D eigenvalue weighted by Crippen LogP contribution is 2.17. The van der Waals surface area contributed by atoms with Crippen molar-refractivity contribution in [3.8, 4) is 5.75 Å². The third-order valence-corrected chi connectivity index (χ3v) is 2.64. The predicted molar refractivity (Wildman–Crippen MR) is 69.0 cm³/mol. The molecule has 0 aromatic heterocycles. The molecule has 1 aromatic rings. The van der Waals surface area contributed by atoms with Gasteiger partial charge in [-0.05, 0) is 37.1 Å². The molecular formula is C14H22FNO. The number of aryl methyl sites for hydroxylation is 1. The number of nitrogens with one attached hydrogen (secondary N) is 1. The molecule has 0 aliphatic rings. The molecule has 0 radical (unpaired) electrons. The summed E-state index contributed by atoms with van der Waals surface area (Å²) in [6.45, 7) is 8.85. The molecule has 0 saturated heterocycles. The van der Waals surface area contributed by atoms with Crippen LogP contribution in [0.1, 0.15) is 32.8 Å². The topological polar surface area (TPSA) is 21.3 Å². The monoisotopic (exact) mass is 239 g/mol. The second-order valence-electron chi connectivity index (χ2n) is 4.62. The van der Waals surface area contributed by atoms with E-state index in [-0.39, 0.29) is 11.9 Å². The van der Waals surface area contributed by atoms with Gasteiger partial charge >= 0.3 is 0 Å². The van der Waals surface area contributed by atoms with E-state index in [1.165, 1.54) is 6.07 Å². The SMILES string of the molecule is CCC(CNC(C)C)Oc1ccc(F)c(C)c1. The minimum Gasteiger partial charge on any atom is -0.489 e. The summed E-state index contributed by atoms with van der Waals surface area (Å²) in [5.41, 5.74) is 0.620. The molecule has 0 bridgehead atoms. The Hall–Kier alpha value is -1.09. The number of hydrogen-bond donors (Lipinski definition) is 1. The smallest absolute Gasteiger partial charge is 0.126 e. The molecule has 1 rings (SSSR count). The molecule has 1 N–H and O–H groups in total. The minimum absolute atomic E-state index is 0.127. The average Bonchev–Trinajstić information content (AvgIpc) is 2.28. The maximum absolute atomic E-state index is 13.1. The second kappa shape index (κ2) is 6.60. The molecule has 0 aliphatic carbocycles. The molecule has 1 aromatic carbocycles. The number of ether oxygens (including phenoxy) is 1. The summed E-state index contributed by atoms with van der Waals surface area (Å²) in [6, 6.07) is 5.32. The summed E-state index contributed by atoms with van der Waals surface area (Å²) in [5, 5.41) is 3.34. The summed E-state index contributed by atoms with van der Waals surface area (Å²) in [6.07, 6.45) is 1.05. The van der Waals surface area contributed by atoms with Crippen LogP contribution < -0.4 is 10.1 Å². The van der Waals surface area contributed by atoms with Gasteiger partial charge in [-0.2, -0.15) is 0 Å². The first-order chi connectivity index (χ1) is 8.02. The molecule has 0 aliphatic heterocycles. The first kappa shape index (κ1) is 14.0. The van der Waals surface area contributed by atoms with Crippen molar-refractivity contribution in [3.63, 3.8) is 0 Å². The van der Waals surface area contributed by atoms with Crippen molar-refractivity contribution in [2.75, 3.05) is 6.54 Å². The van der Waals surface area contributed by atoms with Crippen molar-refractivity contribution in [1.29, 1.82) is 0 Å². The molecule has 0 saturated carbocycles. The standard InChI is InChI=1S/C14H22FNO/c1-5-12(9-16-10(2)3)17-13-6-7-14(15)11(4)8-13/h6-8,10,12,16H,5,9H2,1-4H3. The highest BCUT2D eigenvalue weighted by molar-refractivity contribution is 5.29. The molecular weight excluding hydrogens is 217 g/mol. The zero-order valence-corrected chi connectivity index (χ0v) is 11.1. The Morgan fingerprint density at radius 2 is 2.06 bits per heavy atom. The van der Waals surface area contributed by atoms with E-state index in [1.54, 1.807) is 19.1 Å². The average molecular weight is 239 g/mol. The molecule has 17 heavy (non-hydrogen) atoms. The van der Waals surface area contributed by atoms with Gasteiger partial charge in [-0.15, -0.1) is 0 Å². The first-order valence-electron chi connectivity index (χ1n) is 6.19. The van der Waals surface area contributed by atoms with E-state index < -0.39 is 0 Å². The summed E-state index contributed by atoms with van der Waals surface area (Å²) < 4.78 is 18.9. The molecule has 1 atom stereocenters. The van der Waals surface area contributed by atoms with Crippen LogP contribution in [-0.2, 0) is 0 Å². The van der Waals surface area contributed by atoms with Crippen LogP contribution in [0.4, 0.5) is 4.39 Å². The van der Waals surface area contributed by atoms with Crippen molar-refractivity contribution in [2.24, 2.45) is 0 Å². The van der Waals surface area contributed by atoms with Crippen LogP contribution in [0.2, 0.25) is 0 Å². The third-order valence-electron chi connectivity index (χ3n) is 2.64. The van der Waals surface area contributed by atoms with E-state index in [0.29, 0.717) is 11.6 Å². The molecule has 0 amide bonds. The Bertz CT molecular complexity index is 352. The number of rotatable bonds is 6. The number of benzene rings is 1. The molecule has 0 spiro atoms. The van der Waals surface area contributed by atoms with E-state index in [0.717, 1.165) is 18.7 Å². The van der Waals surface area contributed by atoms with E-state index in [9.17, 15) is 4.39 Å². The lowest BCUT2D eigenvalue weighted by atomic mass is 10.2. The van der Waals surface area contributed by atoms with Gasteiger partial charge in [-0.1, -0.05) is 20.8 Å². The maximum Gasteiger partial charge on any atom is 0.126 e. The molecule has 0 fully saturated rings. The van der Waals surface area contributed by atoms with Gasteiger partial charge in [-0.25, -0.2) is 4.39 Å². The van der Waals surface area contributed by atoms with Gasteiger partial charge in [0.2, 0.25) is 0 Å². The Morgan fingerprint density at radius 1 is 1.35 bits per heavy atom. The molecule has 3 heteroatoms. The van der Waals surface area contributed by atoms with Crippen LogP contribution >= 0.6 is 0 Å². The van der Waals surface area contributed by atoms with E-state index in [4.69, 9.17) is 4.74 Å². The number of hydrogen-bond acceptors (Lipinski definition) is 2. The van der Waals surface area contributed by atoms with Crippen LogP contribution in [0.5, 0.6) is 5.75 Å². The quantitative estimate of drug-likeness (QED) is 0.822. The lowest BCUT2D eigenvalue weighted by molar-refractivity contribution is 0.190. The fourth-order valence-electron chi connectivity index (χ4n) is 1.52. The van der Waals surface area contributed by atoms with Gasteiger partial charge in [0.05, 0.1) is 0 Å². The van der Waals surface area contributed by atoms with Crippen LogP contribution in [0, 0.1) is 12.7 Å². The Morgan fingerprint density at radius 3 is 2.59 bits per heavy atom. The van der Waals surface area contributed by atoms with Gasteiger partial charge < -0.3 is 10.1 Å². The lowest BCUT2D eigenvalue weighted by Crippen LogP contribution is -2.34. The Labute approximate surface area is 103 Å². The van der Waals surface area contributed by atoms with E-state index in [2.05, 4.69) is 26.1 Å². The first-order valence-corrected chi connectivity index (χ1v) is 6.19. The van der Waals surface area contributed by atoms with Crippen molar-refractivity contribution >= 4 is 0 Å². The lowest BCUT2D eigenvalue weighted by Gasteiger charge is -2.20. The summed E-state index contributed by atoms with van der Waals surface area (Å²) in [5.74, 6) is 0.548. The predicted octanol–water partition coefficient (Wildman–Crippen LogP) is 3.29. The fourth-order valence-corrected chi connectivity index (χ4v) is 1.52. The van der Waals surface area contributed by atoms with Crippen molar-refractivity contribution in [1.82, 2.24) is 5.32 Å². The molecule has 2 nitrogen and oxygen atoms in total. The zero-order valence-electron chi connectivity index (χ0n) is 11.1. The zero-order chi connectivity index (χ0) is 12.8. The number of halogens is 1. The Kier molecular flexibility index (Phi) is 5.42. The third kappa shape index (κ3) is 4.73. The Balaban J connectivity index is 2.57. The second-order valence-corrected chi connectivity index (χ2v) is 4.62. The van der Waals surface area contributed by atoms with Gasteiger partial charge in [0.25, 0.3) is 0 Å². The van der Waals surface area contributed by atoms with Crippen LogP contribution in [0.3, 0.4) is 0 Å². The van der Waals surface area contributed by atoms with Gasteiger partial charge in [0.15, 0.2) is 0 Å². The summed E-state index contributed by atoms with van der Waals surface area (Å²) in [4.78, 5) is 0. The largest absolute Gasteiger partial charge is 0.489 e.